The highest BCUT2D eigenvalue weighted by atomic mass is 16.7. The molecular formula is C13H15BN4O2. The molecule has 0 aromatic heterocycles. The van der Waals surface area contributed by atoms with Crippen LogP contribution in [0.25, 0.3) is 10.4 Å². The van der Waals surface area contributed by atoms with E-state index in [0.29, 0.717) is 16.7 Å². The molecule has 2 rings (SSSR count). The van der Waals surface area contributed by atoms with Gasteiger partial charge in [-0.2, -0.15) is 5.26 Å². The number of azide groups is 1. The topological polar surface area (TPSA) is 91.0 Å². The molecule has 0 radical (unpaired) electrons. The number of nitriles is 1. The van der Waals surface area contributed by atoms with Crippen molar-refractivity contribution in [2.75, 3.05) is 0 Å². The van der Waals surface area contributed by atoms with Gasteiger partial charge in [-0.15, -0.1) is 0 Å². The molecule has 1 saturated heterocycles. The molecule has 1 aromatic rings. The van der Waals surface area contributed by atoms with Crippen LogP contribution in [-0.2, 0) is 9.31 Å². The molecule has 20 heavy (non-hydrogen) atoms. The van der Waals surface area contributed by atoms with Crippen molar-refractivity contribution >= 4 is 18.3 Å². The Morgan fingerprint density at radius 2 is 1.80 bits per heavy atom. The summed E-state index contributed by atoms with van der Waals surface area (Å²) in [4.78, 5) is 2.74. The van der Waals surface area contributed by atoms with Crippen LogP contribution in [0.5, 0.6) is 0 Å². The van der Waals surface area contributed by atoms with Crippen LogP contribution >= 0.6 is 0 Å². The molecule has 0 N–H and O–H groups in total. The number of benzene rings is 1. The van der Waals surface area contributed by atoms with Gasteiger partial charge in [0.1, 0.15) is 0 Å². The molecule has 0 aliphatic carbocycles. The predicted molar refractivity (Wildman–Crippen MR) is 75.7 cm³/mol. The number of hydrogen-bond acceptors (Lipinski definition) is 4. The highest BCUT2D eigenvalue weighted by molar-refractivity contribution is 6.62. The number of nitrogens with zero attached hydrogens (tertiary/aromatic N) is 4. The highest BCUT2D eigenvalue weighted by Crippen LogP contribution is 2.36. The first-order valence-electron chi connectivity index (χ1n) is 6.25. The van der Waals surface area contributed by atoms with Crippen LogP contribution < -0.4 is 5.46 Å². The van der Waals surface area contributed by atoms with Crippen molar-refractivity contribution in [2.24, 2.45) is 5.11 Å². The van der Waals surface area contributed by atoms with Crippen LogP contribution in [0, 0.1) is 11.3 Å². The number of hydrogen-bond donors (Lipinski definition) is 0. The first-order chi connectivity index (χ1) is 9.29. The van der Waals surface area contributed by atoms with Gasteiger partial charge >= 0.3 is 7.12 Å². The third kappa shape index (κ3) is 2.49. The van der Waals surface area contributed by atoms with Crippen molar-refractivity contribution in [1.82, 2.24) is 0 Å². The Morgan fingerprint density at radius 1 is 1.20 bits per heavy atom. The summed E-state index contributed by atoms with van der Waals surface area (Å²) in [5, 5.41) is 12.6. The molecule has 7 heteroatoms. The quantitative estimate of drug-likeness (QED) is 0.358. The molecule has 1 aliphatic heterocycles. The zero-order chi connectivity index (χ0) is 15.0. The molecule has 102 valence electrons. The minimum atomic E-state index is -0.582. The summed E-state index contributed by atoms with van der Waals surface area (Å²) in [7, 11) is -0.582. The molecule has 1 heterocycles. The fraction of sp³-hybridized carbons (Fsp3) is 0.462. The summed E-state index contributed by atoms with van der Waals surface area (Å²) in [6, 6.07) is 6.91. The van der Waals surface area contributed by atoms with E-state index in [2.05, 4.69) is 10.0 Å². The second-order valence-corrected chi connectivity index (χ2v) is 5.70. The fourth-order valence-electron chi connectivity index (χ4n) is 1.92. The second kappa shape index (κ2) is 4.84. The van der Waals surface area contributed by atoms with E-state index in [9.17, 15) is 0 Å². The smallest absolute Gasteiger partial charge is 0.399 e. The Bertz CT molecular complexity index is 614. The van der Waals surface area contributed by atoms with Gasteiger partial charge in [0.2, 0.25) is 0 Å². The average molecular weight is 270 g/mol. The standard InChI is InChI=1S/C13H15BN4O2/c1-12(2)13(3,4)20-14(19-12)10-5-9(8-15)6-11(7-10)17-18-16/h5-7H,1-4H3. The molecule has 0 bridgehead atoms. The van der Waals surface area contributed by atoms with Gasteiger partial charge in [0, 0.05) is 10.6 Å². The van der Waals surface area contributed by atoms with Crippen LogP contribution in [0.4, 0.5) is 5.69 Å². The van der Waals surface area contributed by atoms with E-state index in [1.165, 1.54) is 6.07 Å². The monoisotopic (exact) mass is 270 g/mol. The maximum atomic E-state index is 9.04. The van der Waals surface area contributed by atoms with Crippen molar-refractivity contribution in [1.29, 1.82) is 5.26 Å². The maximum Gasteiger partial charge on any atom is 0.494 e. The van der Waals surface area contributed by atoms with Gasteiger partial charge < -0.3 is 9.31 Å². The second-order valence-electron chi connectivity index (χ2n) is 5.70. The first kappa shape index (κ1) is 14.4. The predicted octanol–water partition coefficient (Wildman–Crippen LogP) is 2.80. The third-order valence-electron chi connectivity index (χ3n) is 3.75. The van der Waals surface area contributed by atoms with E-state index in [4.69, 9.17) is 20.1 Å². The van der Waals surface area contributed by atoms with Gasteiger partial charge in [-0.05, 0) is 50.8 Å². The minimum Gasteiger partial charge on any atom is -0.399 e. The van der Waals surface area contributed by atoms with Crippen LogP contribution in [0.3, 0.4) is 0 Å². The van der Waals surface area contributed by atoms with E-state index in [1.807, 2.05) is 33.8 Å². The van der Waals surface area contributed by atoms with Gasteiger partial charge in [0.25, 0.3) is 0 Å². The molecule has 0 saturated carbocycles. The van der Waals surface area contributed by atoms with E-state index < -0.39 is 18.3 Å². The van der Waals surface area contributed by atoms with Gasteiger partial charge in [-0.25, -0.2) is 0 Å². The zero-order valence-corrected chi connectivity index (χ0v) is 11.9. The molecule has 1 aliphatic rings. The molecule has 0 atom stereocenters. The normalized spacial score (nSPS) is 19.2. The van der Waals surface area contributed by atoms with Crippen molar-refractivity contribution in [3.63, 3.8) is 0 Å². The van der Waals surface area contributed by atoms with Gasteiger partial charge in [-0.3, -0.25) is 0 Å². The Hall–Kier alpha value is -2.00. The van der Waals surface area contributed by atoms with Gasteiger partial charge in [-0.1, -0.05) is 11.2 Å². The summed E-state index contributed by atoms with van der Waals surface area (Å²) in [5.41, 5.74) is 9.05. The molecule has 6 nitrogen and oxygen atoms in total. The summed E-state index contributed by atoms with van der Waals surface area (Å²) >= 11 is 0. The molecule has 1 fully saturated rings. The largest absolute Gasteiger partial charge is 0.494 e. The van der Waals surface area contributed by atoms with Gasteiger partial charge in [0.05, 0.1) is 22.8 Å². The Morgan fingerprint density at radius 3 is 2.30 bits per heavy atom. The van der Waals surface area contributed by atoms with Crippen LogP contribution in [-0.4, -0.2) is 18.3 Å². The molecular weight excluding hydrogens is 255 g/mol. The lowest BCUT2D eigenvalue weighted by molar-refractivity contribution is 0.00578. The van der Waals surface area contributed by atoms with Crippen LogP contribution in [0.2, 0.25) is 0 Å². The molecule has 0 unspecified atom stereocenters. The van der Waals surface area contributed by atoms with Crippen molar-refractivity contribution in [3.05, 3.63) is 34.2 Å². The van der Waals surface area contributed by atoms with Crippen LogP contribution in [0.1, 0.15) is 33.3 Å². The molecule has 0 spiro atoms. The summed E-state index contributed by atoms with van der Waals surface area (Å²) < 4.78 is 11.8. The lowest BCUT2D eigenvalue weighted by Gasteiger charge is -2.32. The lowest BCUT2D eigenvalue weighted by atomic mass is 9.78. The van der Waals surface area contributed by atoms with Crippen molar-refractivity contribution < 1.29 is 9.31 Å². The summed E-state index contributed by atoms with van der Waals surface area (Å²) in [5.74, 6) is 0. The average Bonchev–Trinajstić information content (AvgIpc) is 2.58. The zero-order valence-electron chi connectivity index (χ0n) is 11.9. The van der Waals surface area contributed by atoms with Gasteiger partial charge in [0.15, 0.2) is 0 Å². The fourth-order valence-corrected chi connectivity index (χ4v) is 1.92. The molecule has 0 amide bonds. The lowest BCUT2D eigenvalue weighted by Crippen LogP contribution is -2.41. The summed E-state index contributed by atoms with van der Waals surface area (Å²) in [6.07, 6.45) is 0. The molecule has 1 aromatic carbocycles. The van der Waals surface area contributed by atoms with E-state index in [1.54, 1.807) is 12.1 Å². The maximum absolute atomic E-state index is 9.04. The van der Waals surface area contributed by atoms with Crippen molar-refractivity contribution in [3.8, 4) is 6.07 Å². The van der Waals surface area contributed by atoms with E-state index >= 15 is 0 Å². The Labute approximate surface area is 118 Å². The van der Waals surface area contributed by atoms with Crippen LogP contribution in [0.15, 0.2) is 23.3 Å². The Balaban J connectivity index is 2.42. The SMILES string of the molecule is CC1(C)OB(c2cc(C#N)cc(N=[N+]=[N-])c2)OC1(C)C. The van der Waals surface area contributed by atoms with E-state index in [-0.39, 0.29) is 0 Å². The summed E-state index contributed by atoms with van der Waals surface area (Å²) in [6.45, 7) is 7.82. The van der Waals surface area contributed by atoms with Crippen molar-refractivity contribution in [2.45, 2.75) is 38.9 Å². The minimum absolute atomic E-state index is 0.372. The first-order valence-corrected chi connectivity index (χ1v) is 6.25. The highest BCUT2D eigenvalue weighted by Gasteiger charge is 2.51. The van der Waals surface area contributed by atoms with E-state index in [0.717, 1.165) is 0 Å². The Kier molecular flexibility index (Phi) is 3.49. The third-order valence-corrected chi connectivity index (χ3v) is 3.75. The number of rotatable bonds is 2.